The predicted molar refractivity (Wildman–Crippen MR) is 146 cm³/mol. The Labute approximate surface area is 218 Å². The largest absolute Gasteiger partial charge is 0.444 e. The van der Waals surface area contributed by atoms with Crippen molar-refractivity contribution >= 4 is 41.6 Å². The molecule has 0 unspecified atom stereocenters. The number of hydrogen-bond donors (Lipinski definition) is 4. The smallest absolute Gasteiger partial charge is 0.407 e. The van der Waals surface area contributed by atoms with Gasteiger partial charge in [0.05, 0.1) is 17.1 Å². The van der Waals surface area contributed by atoms with Crippen molar-refractivity contribution in [3.8, 4) is 0 Å². The molecule has 36 heavy (non-hydrogen) atoms. The van der Waals surface area contributed by atoms with E-state index in [4.69, 9.17) is 9.72 Å². The zero-order chi connectivity index (χ0) is 25.8. The summed E-state index contributed by atoms with van der Waals surface area (Å²) in [6, 6.07) is 7.77. The minimum Gasteiger partial charge on any atom is -0.444 e. The normalized spacial score (nSPS) is 11.0. The molecule has 3 rings (SSSR count). The second kappa shape index (κ2) is 12.0. The number of hydrogen-bond acceptors (Lipinski definition) is 5. The first-order valence-electron chi connectivity index (χ1n) is 11.7. The van der Waals surface area contributed by atoms with Crippen molar-refractivity contribution in [2.24, 2.45) is 0 Å². The zero-order valence-corrected chi connectivity index (χ0v) is 22.9. The molecule has 0 atom stereocenters. The predicted octanol–water partition coefficient (Wildman–Crippen LogP) is 5.25. The number of rotatable bonds is 7. The molecule has 196 valence electrons. The Morgan fingerprint density at radius 3 is 2.31 bits per heavy atom. The van der Waals surface area contributed by atoms with Crippen LogP contribution in [0.4, 0.5) is 21.0 Å². The Bertz CT molecular complexity index is 1210. The number of imidazole rings is 1. The van der Waals surface area contributed by atoms with Gasteiger partial charge in [-0.05, 0) is 71.2 Å². The second-order valence-electron chi connectivity index (χ2n) is 9.65. The highest BCUT2D eigenvalue weighted by Gasteiger charge is 2.16. The lowest BCUT2D eigenvalue weighted by Crippen LogP contribution is -2.39. The van der Waals surface area contributed by atoms with E-state index in [9.17, 15) is 9.59 Å². The van der Waals surface area contributed by atoms with E-state index in [-0.39, 0.29) is 31.5 Å². The SMILES string of the molecule is Cc1cccc(C)c1CNc1cc(NC(=O)NCCNC(=O)OC(C)(C)C)cn2c(C)c(C)nc12.Cl. The number of alkyl carbamates (subject to hydrolysis) is 1. The van der Waals surface area contributed by atoms with Gasteiger partial charge in [0.1, 0.15) is 5.60 Å². The number of carbonyl (C=O) groups excluding carboxylic acids is 2. The summed E-state index contributed by atoms with van der Waals surface area (Å²) in [4.78, 5) is 28.9. The molecule has 2 aromatic heterocycles. The van der Waals surface area contributed by atoms with E-state index in [1.165, 1.54) is 16.7 Å². The number of benzene rings is 1. The van der Waals surface area contributed by atoms with Gasteiger partial charge in [0, 0.05) is 31.5 Å². The fraction of sp³-hybridized carbons (Fsp3) is 0.423. The van der Waals surface area contributed by atoms with Crippen molar-refractivity contribution in [1.82, 2.24) is 20.0 Å². The molecule has 0 bridgehead atoms. The average molecular weight is 517 g/mol. The lowest BCUT2D eigenvalue weighted by Gasteiger charge is -2.19. The van der Waals surface area contributed by atoms with E-state index >= 15 is 0 Å². The molecule has 0 aliphatic rings. The van der Waals surface area contributed by atoms with E-state index < -0.39 is 11.7 Å². The van der Waals surface area contributed by atoms with Gasteiger partial charge in [-0.2, -0.15) is 0 Å². The fourth-order valence-electron chi connectivity index (χ4n) is 3.71. The van der Waals surface area contributed by atoms with Crippen LogP contribution in [0.15, 0.2) is 30.5 Å². The highest BCUT2D eigenvalue weighted by atomic mass is 35.5. The van der Waals surface area contributed by atoms with Crippen LogP contribution in [-0.2, 0) is 11.3 Å². The number of nitrogens with one attached hydrogen (secondary N) is 4. The maximum atomic E-state index is 12.5. The number of carbonyl (C=O) groups is 2. The molecule has 1 aromatic carbocycles. The molecule has 3 amide bonds. The quantitative estimate of drug-likeness (QED) is 0.321. The second-order valence-corrected chi connectivity index (χ2v) is 9.65. The number of ether oxygens (including phenoxy) is 1. The number of urea groups is 1. The number of fused-ring (bicyclic) bond motifs is 1. The van der Waals surface area contributed by atoms with Crippen LogP contribution in [-0.4, -0.2) is 40.2 Å². The molecule has 3 aromatic rings. The number of amides is 3. The first kappa shape index (κ1) is 28.8. The molecule has 0 saturated carbocycles. The van der Waals surface area contributed by atoms with Gasteiger partial charge in [-0.3, -0.25) is 0 Å². The Hall–Kier alpha value is -3.46. The number of aromatic nitrogens is 2. The maximum absolute atomic E-state index is 12.5. The molecule has 0 spiro atoms. The molecule has 0 aliphatic carbocycles. The van der Waals surface area contributed by atoms with Crippen molar-refractivity contribution in [3.63, 3.8) is 0 Å². The van der Waals surface area contributed by atoms with Crippen molar-refractivity contribution < 1.29 is 14.3 Å². The third kappa shape index (κ3) is 7.52. The summed E-state index contributed by atoms with van der Waals surface area (Å²) in [6.45, 7) is 14.7. The number of aryl methyl sites for hydroxylation is 4. The van der Waals surface area contributed by atoms with Gasteiger partial charge < -0.3 is 30.4 Å². The lowest BCUT2D eigenvalue weighted by atomic mass is 10.0. The molecule has 0 fully saturated rings. The van der Waals surface area contributed by atoms with Crippen molar-refractivity contribution in [2.75, 3.05) is 23.7 Å². The van der Waals surface area contributed by atoms with Crippen LogP contribution in [0.1, 0.15) is 48.8 Å². The van der Waals surface area contributed by atoms with Crippen LogP contribution < -0.4 is 21.3 Å². The van der Waals surface area contributed by atoms with Crippen LogP contribution >= 0.6 is 12.4 Å². The van der Waals surface area contributed by atoms with Gasteiger partial charge in [-0.25, -0.2) is 14.6 Å². The Kier molecular flexibility index (Phi) is 9.58. The van der Waals surface area contributed by atoms with Crippen LogP contribution in [0.3, 0.4) is 0 Å². The Balaban J connectivity index is 0.00000456. The number of pyridine rings is 1. The molecular formula is C26H37ClN6O3. The summed E-state index contributed by atoms with van der Waals surface area (Å²) in [5.41, 5.74) is 7.29. The van der Waals surface area contributed by atoms with Crippen molar-refractivity contribution in [1.29, 1.82) is 0 Å². The minimum atomic E-state index is -0.568. The van der Waals surface area contributed by atoms with Crippen molar-refractivity contribution in [2.45, 2.75) is 60.6 Å². The summed E-state index contributed by atoms with van der Waals surface area (Å²) < 4.78 is 7.16. The average Bonchev–Trinajstić information content (AvgIpc) is 3.04. The fourth-order valence-corrected chi connectivity index (χ4v) is 3.71. The van der Waals surface area contributed by atoms with Crippen LogP contribution in [0, 0.1) is 27.7 Å². The summed E-state index contributed by atoms with van der Waals surface area (Å²) in [5, 5.41) is 11.7. The molecule has 10 heteroatoms. The third-order valence-electron chi connectivity index (χ3n) is 5.63. The van der Waals surface area contributed by atoms with Gasteiger partial charge in [-0.1, -0.05) is 18.2 Å². The van der Waals surface area contributed by atoms with E-state index in [0.717, 1.165) is 22.7 Å². The molecule has 0 saturated heterocycles. The zero-order valence-electron chi connectivity index (χ0n) is 22.0. The Morgan fingerprint density at radius 2 is 1.67 bits per heavy atom. The Morgan fingerprint density at radius 1 is 1.03 bits per heavy atom. The molecule has 9 nitrogen and oxygen atoms in total. The van der Waals surface area contributed by atoms with E-state index in [1.54, 1.807) is 20.8 Å². The molecule has 2 heterocycles. The topological polar surface area (TPSA) is 109 Å². The number of nitrogens with zero attached hydrogens (tertiary/aromatic N) is 2. The molecule has 4 N–H and O–H groups in total. The van der Waals surface area contributed by atoms with Crippen LogP contribution in [0.25, 0.3) is 5.65 Å². The van der Waals surface area contributed by atoms with Crippen LogP contribution in [0.5, 0.6) is 0 Å². The van der Waals surface area contributed by atoms with Gasteiger partial charge in [-0.15, -0.1) is 12.4 Å². The lowest BCUT2D eigenvalue weighted by molar-refractivity contribution is 0.0528. The molecule has 0 radical (unpaired) electrons. The van der Waals surface area contributed by atoms with E-state index in [1.807, 2.05) is 30.5 Å². The van der Waals surface area contributed by atoms with Gasteiger partial charge in [0.25, 0.3) is 0 Å². The molecular weight excluding hydrogens is 480 g/mol. The summed E-state index contributed by atoms with van der Waals surface area (Å²) >= 11 is 0. The monoisotopic (exact) mass is 516 g/mol. The van der Waals surface area contributed by atoms with Crippen LogP contribution in [0.2, 0.25) is 0 Å². The first-order valence-corrected chi connectivity index (χ1v) is 11.7. The highest BCUT2D eigenvalue weighted by molar-refractivity contribution is 5.90. The summed E-state index contributed by atoms with van der Waals surface area (Å²) in [7, 11) is 0. The van der Waals surface area contributed by atoms with Gasteiger partial charge in [0.15, 0.2) is 5.65 Å². The van der Waals surface area contributed by atoms with Gasteiger partial charge in [0.2, 0.25) is 0 Å². The summed E-state index contributed by atoms with van der Waals surface area (Å²) in [6.07, 6.45) is 1.34. The first-order chi connectivity index (χ1) is 16.4. The number of anilines is 2. The minimum absolute atomic E-state index is 0. The molecule has 0 aliphatic heterocycles. The standard InChI is InChI=1S/C26H36N6O3.ClH/c1-16-9-8-10-17(2)21(16)14-29-22-13-20(15-32-19(4)18(3)30-23(22)32)31-24(33)27-11-12-28-25(34)35-26(5,6)7;/h8-10,13,15,29H,11-12,14H2,1-7H3,(H,28,34)(H2,27,31,33);1H. The maximum Gasteiger partial charge on any atom is 0.407 e. The summed E-state index contributed by atoms with van der Waals surface area (Å²) in [5.74, 6) is 0. The van der Waals surface area contributed by atoms with Crippen molar-refractivity contribution in [3.05, 3.63) is 58.5 Å². The van der Waals surface area contributed by atoms with Gasteiger partial charge >= 0.3 is 12.1 Å². The third-order valence-corrected chi connectivity index (χ3v) is 5.63. The van der Waals surface area contributed by atoms with E-state index in [2.05, 4.69) is 53.3 Å². The number of halogens is 1. The van der Waals surface area contributed by atoms with E-state index in [0.29, 0.717) is 12.2 Å². The highest BCUT2D eigenvalue weighted by Crippen LogP contribution is 2.26.